The fourth-order valence-corrected chi connectivity index (χ4v) is 9.11. The number of alkyl carbamates (subject to hydrolysis) is 2. The van der Waals surface area contributed by atoms with Crippen molar-refractivity contribution in [3.63, 3.8) is 0 Å². The number of likely N-dealkylation sites (tertiary alicyclic amines) is 1. The fourth-order valence-electron chi connectivity index (χ4n) is 9.11. The topological polar surface area (TPSA) is 176 Å². The molecule has 1 aromatic carbocycles. The van der Waals surface area contributed by atoms with Gasteiger partial charge in [-0.3, -0.25) is 9.59 Å². The van der Waals surface area contributed by atoms with E-state index in [2.05, 4.69) is 29.8 Å². The highest BCUT2D eigenvalue weighted by Crippen LogP contribution is 2.38. The summed E-state index contributed by atoms with van der Waals surface area (Å²) in [6, 6.07) is 7.65. The number of hydroxylamine groups is 2. The first-order valence-electron chi connectivity index (χ1n) is 23.1. The van der Waals surface area contributed by atoms with E-state index in [1.165, 1.54) is 5.06 Å². The number of nitrogens with zero attached hydrogens (tertiary/aromatic N) is 2. The fraction of sp³-hybridized carbons (Fsp3) is 0.729. The summed E-state index contributed by atoms with van der Waals surface area (Å²) in [5.41, 5.74) is -0.811. The largest absolute Gasteiger partial charge is 0.461 e. The predicted octanol–water partition coefficient (Wildman–Crippen LogP) is 8.00. The Kier molecular flexibility index (Phi) is 18.7. The number of carbonyl (C=O) groups excluding carboxylic acids is 5. The number of amides is 4. The van der Waals surface area contributed by atoms with Gasteiger partial charge in [-0.05, 0) is 131 Å². The van der Waals surface area contributed by atoms with Crippen LogP contribution in [0.4, 0.5) is 9.59 Å². The Labute approximate surface area is 370 Å². The molecule has 3 fully saturated rings. The lowest BCUT2D eigenvalue weighted by Gasteiger charge is -2.50. The van der Waals surface area contributed by atoms with Crippen molar-refractivity contribution in [1.29, 1.82) is 0 Å². The Morgan fingerprint density at radius 3 is 2.13 bits per heavy atom. The average molecular weight is 868 g/mol. The number of nitrogens with one attached hydrogen (secondary N) is 3. The van der Waals surface area contributed by atoms with E-state index in [-0.39, 0.29) is 30.1 Å². The van der Waals surface area contributed by atoms with Crippen LogP contribution in [0.1, 0.15) is 151 Å². The number of esters is 1. The van der Waals surface area contributed by atoms with Crippen LogP contribution in [-0.2, 0) is 35.0 Å². The summed E-state index contributed by atoms with van der Waals surface area (Å²) in [7, 11) is 0. The normalized spacial score (nSPS) is 21.2. The van der Waals surface area contributed by atoms with Gasteiger partial charge in [0.15, 0.2) is 0 Å². The number of unbranched alkanes of at least 4 members (excludes halogenated alkanes) is 1. The molecule has 4 rings (SSSR count). The Morgan fingerprint density at radius 2 is 1.50 bits per heavy atom. The second kappa shape index (κ2) is 23.0. The first-order valence-corrected chi connectivity index (χ1v) is 23.1. The molecule has 0 spiro atoms. The molecule has 14 nitrogen and oxygen atoms in total. The highest BCUT2D eigenvalue weighted by Gasteiger charge is 2.46. The Hall–Kier alpha value is -4.17. The van der Waals surface area contributed by atoms with E-state index < -0.39 is 58.7 Å². The monoisotopic (exact) mass is 868 g/mol. The van der Waals surface area contributed by atoms with Gasteiger partial charge in [0.25, 0.3) is 0 Å². The molecule has 1 aromatic rings. The molecule has 0 bridgehead atoms. The maximum absolute atomic E-state index is 14.5. The summed E-state index contributed by atoms with van der Waals surface area (Å²) in [6.45, 7) is 17.9. The van der Waals surface area contributed by atoms with E-state index in [0.717, 1.165) is 37.7 Å². The molecular weight excluding hydrogens is 791 g/mol. The molecule has 2 aliphatic heterocycles. The minimum Gasteiger partial charge on any atom is -0.461 e. The maximum atomic E-state index is 14.5. The van der Waals surface area contributed by atoms with Crippen molar-refractivity contribution in [2.45, 2.75) is 199 Å². The van der Waals surface area contributed by atoms with Crippen molar-refractivity contribution < 1.29 is 43.4 Å². The summed E-state index contributed by atoms with van der Waals surface area (Å²) in [5, 5.41) is 20.7. The number of carbonyl (C=O) groups is 5. The standard InChI is InChI=1S/C48H77N5O9/c1-33(2)29-36(50-45(58)62-46(3,4)5)26-25-35(30-34-19-12-10-13-20-34)42(55)52-28-18-24-40(52)41(54)51-39(43(56)60-37-21-14-11-15-22-37)23-16-17-27-49-44(57)61-38-31-47(6,7)53(59)48(8,9)32-38/h10,12-13,19-20,25-26,33,35-40,59H,11,14-18,21-24,27-32H2,1-9H3,(H,49,57)(H,50,58)(H,51,54)/b26-25+/t35-,36-,39?,40-/m1/s1. The summed E-state index contributed by atoms with van der Waals surface area (Å²) in [6.07, 6.45) is 11.2. The van der Waals surface area contributed by atoms with Crippen molar-refractivity contribution in [2.75, 3.05) is 13.1 Å². The van der Waals surface area contributed by atoms with Crippen LogP contribution in [0.15, 0.2) is 42.5 Å². The summed E-state index contributed by atoms with van der Waals surface area (Å²) in [5.74, 6) is -1.44. The summed E-state index contributed by atoms with van der Waals surface area (Å²) in [4.78, 5) is 69.6. The highest BCUT2D eigenvalue weighted by molar-refractivity contribution is 5.92. The first kappa shape index (κ1) is 50.5. The Balaban J connectivity index is 1.42. The van der Waals surface area contributed by atoms with E-state index in [0.29, 0.717) is 70.9 Å². The van der Waals surface area contributed by atoms with Crippen LogP contribution in [-0.4, -0.2) is 105 Å². The zero-order valence-electron chi connectivity index (χ0n) is 39.0. The quantitative estimate of drug-likeness (QED) is 0.0490. The second-order valence-electron chi connectivity index (χ2n) is 20.3. The summed E-state index contributed by atoms with van der Waals surface area (Å²) < 4.78 is 17.2. The zero-order chi connectivity index (χ0) is 45.7. The number of rotatable bonds is 18. The van der Waals surface area contributed by atoms with Crippen LogP contribution in [0.2, 0.25) is 0 Å². The van der Waals surface area contributed by atoms with Crippen LogP contribution < -0.4 is 16.0 Å². The molecule has 14 heteroatoms. The number of benzene rings is 1. The predicted molar refractivity (Wildman–Crippen MR) is 238 cm³/mol. The third-order valence-electron chi connectivity index (χ3n) is 12.0. The van der Waals surface area contributed by atoms with Crippen LogP contribution in [0.25, 0.3) is 0 Å². The molecule has 2 saturated heterocycles. The third-order valence-corrected chi connectivity index (χ3v) is 12.0. The minimum atomic E-state index is -0.919. The molecule has 1 unspecified atom stereocenters. The maximum Gasteiger partial charge on any atom is 0.408 e. The van der Waals surface area contributed by atoms with E-state index >= 15 is 0 Å². The lowest BCUT2D eigenvalue weighted by molar-refractivity contribution is -0.256. The van der Waals surface area contributed by atoms with E-state index in [1.807, 2.05) is 91.0 Å². The van der Waals surface area contributed by atoms with Crippen LogP contribution in [0, 0.1) is 11.8 Å². The third kappa shape index (κ3) is 16.2. The zero-order valence-corrected chi connectivity index (χ0v) is 39.0. The van der Waals surface area contributed by atoms with Crippen molar-refractivity contribution >= 4 is 30.0 Å². The van der Waals surface area contributed by atoms with Gasteiger partial charge in [-0.25, -0.2) is 14.4 Å². The molecule has 0 radical (unpaired) electrons. The van der Waals surface area contributed by atoms with Gasteiger partial charge in [0.1, 0.15) is 29.9 Å². The lowest BCUT2D eigenvalue weighted by Crippen LogP contribution is -2.60. The molecular formula is C48H77N5O9. The molecule has 348 valence electrons. The number of ether oxygens (including phenoxy) is 3. The molecule has 62 heavy (non-hydrogen) atoms. The van der Waals surface area contributed by atoms with E-state index in [1.54, 1.807) is 4.90 Å². The number of piperidine rings is 1. The van der Waals surface area contributed by atoms with Gasteiger partial charge in [-0.1, -0.05) is 62.8 Å². The van der Waals surface area contributed by atoms with Gasteiger partial charge in [0.2, 0.25) is 11.8 Å². The SMILES string of the molecule is CC(C)C[C@@H](/C=C/[C@H](Cc1ccccc1)C(=O)N1CCC[C@@H]1C(=O)NC(CCCCNC(=O)OC1CC(C)(C)N(O)C(C)(C)C1)C(=O)OC1CCCCC1)NC(=O)OC(C)(C)C. The van der Waals surface area contributed by atoms with Gasteiger partial charge in [0, 0.05) is 37.0 Å². The van der Waals surface area contributed by atoms with Gasteiger partial charge >= 0.3 is 18.2 Å². The molecule has 0 aromatic heterocycles. The van der Waals surface area contributed by atoms with Crippen molar-refractivity contribution in [3.05, 3.63) is 48.0 Å². The van der Waals surface area contributed by atoms with Gasteiger partial charge in [-0.15, -0.1) is 0 Å². The molecule has 4 N–H and O–H groups in total. The molecule has 3 aliphatic rings. The Morgan fingerprint density at radius 1 is 0.839 bits per heavy atom. The lowest BCUT2D eigenvalue weighted by atomic mass is 9.80. The molecule has 4 atom stereocenters. The number of hydrogen-bond acceptors (Lipinski definition) is 10. The molecule has 1 saturated carbocycles. The van der Waals surface area contributed by atoms with E-state index in [4.69, 9.17) is 14.2 Å². The van der Waals surface area contributed by atoms with Crippen molar-refractivity contribution in [1.82, 2.24) is 25.9 Å². The summed E-state index contributed by atoms with van der Waals surface area (Å²) >= 11 is 0. The van der Waals surface area contributed by atoms with Gasteiger partial charge < -0.3 is 40.3 Å². The molecule has 2 heterocycles. The second-order valence-corrected chi connectivity index (χ2v) is 20.3. The van der Waals surface area contributed by atoms with E-state index in [9.17, 15) is 29.2 Å². The Bertz CT molecular complexity index is 1640. The van der Waals surface area contributed by atoms with Gasteiger partial charge in [0.05, 0.1) is 12.0 Å². The van der Waals surface area contributed by atoms with Gasteiger partial charge in [-0.2, -0.15) is 5.06 Å². The first-order chi connectivity index (χ1) is 29.1. The van der Waals surface area contributed by atoms with Crippen LogP contribution >= 0.6 is 0 Å². The van der Waals surface area contributed by atoms with Crippen LogP contribution in [0.3, 0.4) is 0 Å². The average Bonchev–Trinajstić information content (AvgIpc) is 3.67. The molecule has 4 amide bonds. The smallest absolute Gasteiger partial charge is 0.408 e. The van der Waals surface area contributed by atoms with Crippen LogP contribution in [0.5, 0.6) is 0 Å². The molecule has 1 aliphatic carbocycles. The van der Waals surface area contributed by atoms with Crippen molar-refractivity contribution in [3.8, 4) is 0 Å². The minimum absolute atomic E-state index is 0.195. The number of hydrogen-bond donors (Lipinski definition) is 4. The highest BCUT2D eigenvalue weighted by atomic mass is 16.6. The van der Waals surface area contributed by atoms with Crippen molar-refractivity contribution in [2.24, 2.45) is 11.8 Å².